The van der Waals surface area contributed by atoms with E-state index in [0.717, 1.165) is 37.8 Å². The Balaban J connectivity index is 0. The van der Waals surface area contributed by atoms with Gasteiger partial charge in [0, 0.05) is 25.0 Å². The van der Waals surface area contributed by atoms with E-state index in [-0.39, 0.29) is 52.3 Å². The number of para-hydroxylation sites is 1. The maximum atomic E-state index is 10.1. The van der Waals surface area contributed by atoms with Gasteiger partial charge in [0.05, 0.1) is 6.10 Å². The summed E-state index contributed by atoms with van der Waals surface area (Å²) in [5.74, 6) is 0.549. The summed E-state index contributed by atoms with van der Waals surface area (Å²) in [6.07, 6.45) is 1.10. The molecule has 5 aromatic rings. The van der Waals surface area contributed by atoms with Crippen LogP contribution >= 0.6 is 0 Å². The van der Waals surface area contributed by atoms with E-state index < -0.39 is 18.5 Å². The molecule has 0 radical (unpaired) electrons. The number of aryl methyl sites for hydroxylation is 2. The first-order valence-electron chi connectivity index (χ1n) is 21.5. The van der Waals surface area contributed by atoms with Crippen LogP contribution in [0.5, 0.6) is 0 Å². The highest BCUT2D eigenvalue weighted by Gasteiger charge is 2.19. The van der Waals surface area contributed by atoms with Crippen LogP contribution in [-0.2, 0) is 44.6 Å². The number of benzene rings is 5. The lowest BCUT2D eigenvalue weighted by atomic mass is 10.0. The van der Waals surface area contributed by atoms with E-state index in [1.54, 1.807) is 13.8 Å². The minimum absolute atomic E-state index is 0. The van der Waals surface area contributed by atoms with Gasteiger partial charge in [-0.3, -0.25) is 0 Å². The van der Waals surface area contributed by atoms with Crippen molar-refractivity contribution < 1.29 is 53.8 Å². The van der Waals surface area contributed by atoms with Crippen molar-refractivity contribution in [2.24, 2.45) is 11.8 Å². The number of cyclic esters (lactones) is 2. The molecule has 4 N–H and O–H groups in total. The zero-order valence-electron chi connectivity index (χ0n) is 37.8. The van der Waals surface area contributed by atoms with Crippen molar-refractivity contribution in [1.82, 2.24) is 0 Å². The molecule has 1 aliphatic rings. The number of hydrogen-bond acceptors (Lipinski definition) is 12. The highest BCUT2D eigenvalue weighted by molar-refractivity contribution is 5.61. The van der Waals surface area contributed by atoms with Gasteiger partial charge in [0.15, 0.2) is 0 Å². The summed E-state index contributed by atoms with van der Waals surface area (Å²) in [5.41, 5.74) is 11.1. The molecule has 5 aromatic carbocycles. The van der Waals surface area contributed by atoms with Crippen LogP contribution in [0, 0.1) is 11.8 Å². The summed E-state index contributed by atoms with van der Waals surface area (Å²) in [6.45, 7) is 10.2. The quantitative estimate of drug-likeness (QED) is 0.0542. The maximum Gasteiger partial charge on any atom is 0.508 e. The summed E-state index contributed by atoms with van der Waals surface area (Å²) in [5, 5.41) is 37.9. The number of aliphatic hydroxyl groups excluding tert-OH is 2. The molecule has 1 heterocycles. The highest BCUT2D eigenvalue weighted by atomic mass is 16.8. The van der Waals surface area contributed by atoms with Gasteiger partial charge in [-0.15, -0.1) is 0 Å². The molecule has 0 aliphatic carbocycles. The molecule has 1 fully saturated rings. The maximum absolute atomic E-state index is 10.1. The van der Waals surface area contributed by atoms with Crippen molar-refractivity contribution in [1.29, 1.82) is 0 Å². The van der Waals surface area contributed by atoms with Crippen molar-refractivity contribution in [2.75, 3.05) is 25.6 Å². The number of nitrogen functional groups attached to an aromatic ring is 1. The van der Waals surface area contributed by atoms with Crippen LogP contribution in [0.15, 0.2) is 152 Å². The van der Waals surface area contributed by atoms with Gasteiger partial charge >= 0.3 is 6.16 Å². The van der Waals surface area contributed by atoms with E-state index in [0.29, 0.717) is 18.9 Å². The first-order valence-corrected chi connectivity index (χ1v) is 21.5. The number of carbonyl (C=O) groups is 3. The Morgan fingerprint density at radius 3 is 1.35 bits per heavy atom. The number of anilines is 1. The van der Waals surface area contributed by atoms with E-state index in [1.165, 1.54) is 22.3 Å². The molecule has 0 aromatic heterocycles. The SMILES string of the molecule is C.C.CC(CCc1ccccc1)OC(=O)[O-].CC(CO)Cc1ccccc1.CC(COC(=O)[O-])Cc1ccccc1.CC(O)CCc1ccccc1.CC1COC(=O)O1.Nc1ccccc1. The Hall–Kier alpha value is -6.37. The third-order valence-corrected chi connectivity index (χ3v) is 8.86. The predicted molar refractivity (Wildman–Crippen MR) is 260 cm³/mol. The Kier molecular flexibility index (Phi) is 36.5. The Labute approximate surface area is 394 Å². The van der Waals surface area contributed by atoms with Crippen LogP contribution in [-0.4, -0.2) is 66.8 Å². The van der Waals surface area contributed by atoms with Gasteiger partial charge in [-0.1, -0.05) is 168 Å². The average molecular weight is 914 g/mol. The standard InChI is InChI=1S/2C11H14O3.2C10H14O.C6H7N.C4H6O3.2CH4/c1-9(8-14-11(12)13)7-10-5-3-2-4-6-10;1-9(14-11(12)13)7-8-10-5-3-2-4-6-10;1-9(8-11)7-10-5-3-2-4-6-10;1-9(11)7-8-10-5-3-2-4-6-10;7-6-4-2-1-3-5-6;1-3-2-6-4(5)7-3;;/h2*2-6,9H,7-8H2,1H3,(H,12,13);2*2-6,9,11H,7-8H2,1H3;1-5H,7H2;3H,2H2,1H3;2*1H4/p-2. The third-order valence-electron chi connectivity index (χ3n) is 8.86. The second kappa shape index (κ2) is 39.0. The normalized spacial score (nSPS) is 13.4. The van der Waals surface area contributed by atoms with E-state index in [2.05, 4.69) is 43.2 Å². The topological polar surface area (TPSA) is 201 Å². The van der Waals surface area contributed by atoms with Gasteiger partial charge < -0.3 is 54.7 Å². The van der Waals surface area contributed by atoms with Gasteiger partial charge in [0.1, 0.15) is 12.7 Å². The minimum atomic E-state index is -1.45. The lowest BCUT2D eigenvalue weighted by Gasteiger charge is -2.16. The van der Waals surface area contributed by atoms with Crippen molar-refractivity contribution in [3.05, 3.63) is 174 Å². The molecule has 12 nitrogen and oxygen atoms in total. The third kappa shape index (κ3) is 36.0. The molecular weight excluding hydrogens is 839 g/mol. The van der Waals surface area contributed by atoms with Gasteiger partial charge in [-0.25, -0.2) is 4.79 Å². The van der Waals surface area contributed by atoms with E-state index in [4.69, 9.17) is 15.9 Å². The number of hydrogen-bond donors (Lipinski definition) is 3. The highest BCUT2D eigenvalue weighted by Crippen LogP contribution is 2.10. The number of nitrogens with two attached hydrogens (primary N) is 1. The molecule has 1 aliphatic heterocycles. The smallest absolute Gasteiger partial charge is 0.508 e. The molecule has 5 unspecified atom stereocenters. The number of carboxylic acid groups (broad SMARTS) is 2. The second-order valence-electron chi connectivity index (χ2n) is 15.3. The molecule has 1 saturated heterocycles. The number of rotatable bonds is 14. The summed E-state index contributed by atoms with van der Waals surface area (Å²) in [7, 11) is 0. The number of ether oxygens (including phenoxy) is 4. The van der Waals surface area contributed by atoms with Crippen molar-refractivity contribution in [3.8, 4) is 0 Å². The lowest BCUT2D eigenvalue weighted by molar-refractivity contribution is -0.287. The summed E-state index contributed by atoms with van der Waals surface area (Å²) >= 11 is 0. The molecule has 0 bridgehead atoms. The number of aliphatic hydroxyl groups is 2. The fourth-order valence-corrected chi connectivity index (χ4v) is 5.50. The van der Waals surface area contributed by atoms with Gasteiger partial charge in [-0.2, -0.15) is 0 Å². The zero-order valence-corrected chi connectivity index (χ0v) is 37.8. The van der Waals surface area contributed by atoms with Crippen LogP contribution < -0.4 is 15.9 Å². The number of carbonyl (C=O) groups excluding carboxylic acids is 3. The van der Waals surface area contributed by atoms with Crippen LogP contribution in [0.1, 0.15) is 84.6 Å². The molecule has 6 rings (SSSR count). The molecule has 364 valence electrons. The predicted octanol–water partition coefficient (Wildman–Crippen LogP) is 9.53. The Bertz CT molecular complexity index is 1880. The Morgan fingerprint density at radius 2 is 1.05 bits per heavy atom. The van der Waals surface area contributed by atoms with Gasteiger partial charge in [0.2, 0.25) is 0 Å². The van der Waals surface area contributed by atoms with E-state index >= 15 is 0 Å². The summed E-state index contributed by atoms with van der Waals surface area (Å²) < 4.78 is 17.8. The molecule has 5 atom stereocenters. The summed E-state index contributed by atoms with van der Waals surface area (Å²) in [6, 6.07) is 49.7. The van der Waals surface area contributed by atoms with Gasteiger partial charge in [-0.05, 0) is 106 Å². The average Bonchev–Trinajstić information content (AvgIpc) is 3.68. The van der Waals surface area contributed by atoms with Crippen LogP contribution in [0.2, 0.25) is 0 Å². The minimum Gasteiger partial charge on any atom is -0.549 e. The first-order chi connectivity index (χ1) is 30.7. The fraction of sp³-hybridized carbons (Fsp3) is 0.389. The first kappa shape index (κ1) is 61.7. The van der Waals surface area contributed by atoms with Crippen LogP contribution in [0.3, 0.4) is 0 Å². The van der Waals surface area contributed by atoms with Crippen molar-refractivity contribution in [2.45, 2.75) is 106 Å². The monoisotopic (exact) mass is 914 g/mol. The zero-order chi connectivity index (χ0) is 47.4. The largest absolute Gasteiger partial charge is 0.549 e. The summed E-state index contributed by atoms with van der Waals surface area (Å²) in [4.78, 5) is 30.1. The molecule has 0 saturated carbocycles. The Morgan fingerprint density at radius 1 is 0.652 bits per heavy atom. The van der Waals surface area contributed by atoms with Crippen molar-refractivity contribution >= 4 is 24.2 Å². The molecule has 0 spiro atoms. The van der Waals surface area contributed by atoms with Crippen molar-refractivity contribution in [3.63, 3.8) is 0 Å². The van der Waals surface area contributed by atoms with Gasteiger partial charge in [0.25, 0.3) is 12.3 Å². The molecule has 12 heteroatoms. The van der Waals surface area contributed by atoms with Crippen LogP contribution in [0.25, 0.3) is 0 Å². The van der Waals surface area contributed by atoms with E-state index in [9.17, 15) is 24.6 Å². The molecule has 66 heavy (non-hydrogen) atoms. The molecule has 0 amide bonds. The van der Waals surface area contributed by atoms with Crippen LogP contribution in [0.4, 0.5) is 20.1 Å². The lowest BCUT2D eigenvalue weighted by Crippen LogP contribution is -2.28. The molecular formula is C54H75NO11-2. The fourth-order valence-electron chi connectivity index (χ4n) is 5.50. The van der Waals surface area contributed by atoms with E-state index in [1.807, 2.05) is 148 Å². The second-order valence-corrected chi connectivity index (χ2v) is 15.3.